The van der Waals surface area contributed by atoms with E-state index in [0.717, 1.165) is 41.6 Å². The van der Waals surface area contributed by atoms with E-state index < -0.39 is 0 Å². The number of hydrogen-bond acceptors (Lipinski definition) is 4. The van der Waals surface area contributed by atoms with Crippen LogP contribution in [-0.4, -0.2) is 16.2 Å². The largest absolute Gasteiger partial charge is 0.339 e. The van der Waals surface area contributed by atoms with Gasteiger partial charge in [-0.15, -0.1) is 0 Å². The van der Waals surface area contributed by atoms with E-state index in [0.29, 0.717) is 17.8 Å². The zero-order chi connectivity index (χ0) is 13.2. The molecule has 0 saturated heterocycles. The zero-order valence-electron chi connectivity index (χ0n) is 10.6. The first-order valence-corrected chi connectivity index (χ1v) is 7.37. The SMILES string of the molecule is NC1CCC(c2nc(-c3ccc(Br)cc3)no2)CC1. The lowest BCUT2D eigenvalue weighted by Crippen LogP contribution is -2.25. The molecule has 0 bridgehead atoms. The van der Waals surface area contributed by atoms with Gasteiger partial charge in [0.05, 0.1) is 0 Å². The Bertz CT molecular complexity index is 544. The Morgan fingerprint density at radius 1 is 1.11 bits per heavy atom. The van der Waals surface area contributed by atoms with Gasteiger partial charge < -0.3 is 10.3 Å². The molecule has 0 atom stereocenters. The molecule has 1 aliphatic carbocycles. The molecule has 2 N–H and O–H groups in total. The molecule has 1 fully saturated rings. The van der Waals surface area contributed by atoms with Crippen LogP contribution in [0.2, 0.25) is 0 Å². The summed E-state index contributed by atoms with van der Waals surface area (Å²) in [6.45, 7) is 0. The van der Waals surface area contributed by atoms with Crippen LogP contribution in [0.3, 0.4) is 0 Å². The second-order valence-electron chi connectivity index (χ2n) is 5.07. The summed E-state index contributed by atoms with van der Waals surface area (Å²) >= 11 is 3.42. The van der Waals surface area contributed by atoms with E-state index in [1.807, 2.05) is 24.3 Å². The minimum Gasteiger partial charge on any atom is -0.339 e. The molecule has 1 aromatic heterocycles. The van der Waals surface area contributed by atoms with Gasteiger partial charge in [0, 0.05) is 22.0 Å². The van der Waals surface area contributed by atoms with Crippen LogP contribution < -0.4 is 5.73 Å². The second-order valence-corrected chi connectivity index (χ2v) is 5.99. The van der Waals surface area contributed by atoms with Gasteiger partial charge >= 0.3 is 0 Å². The molecule has 0 unspecified atom stereocenters. The van der Waals surface area contributed by atoms with Gasteiger partial charge in [-0.3, -0.25) is 0 Å². The number of hydrogen-bond donors (Lipinski definition) is 1. The molecule has 3 rings (SSSR count). The molecule has 100 valence electrons. The lowest BCUT2D eigenvalue weighted by molar-refractivity contribution is 0.301. The molecular formula is C14H16BrN3O. The first kappa shape index (κ1) is 12.8. The van der Waals surface area contributed by atoms with Crippen molar-refractivity contribution in [3.05, 3.63) is 34.6 Å². The van der Waals surface area contributed by atoms with E-state index in [1.165, 1.54) is 0 Å². The minimum atomic E-state index is 0.338. The van der Waals surface area contributed by atoms with E-state index in [4.69, 9.17) is 10.3 Å². The fourth-order valence-corrected chi connectivity index (χ4v) is 2.75. The van der Waals surface area contributed by atoms with Crippen molar-refractivity contribution < 1.29 is 4.52 Å². The number of benzene rings is 1. The third-order valence-electron chi connectivity index (χ3n) is 3.67. The number of rotatable bonds is 2. The molecule has 1 saturated carbocycles. The highest BCUT2D eigenvalue weighted by Crippen LogP contribution is 2.32. The monoisotopic (exact) mass is 321 g/mol. The highest BCUT2D eigenvalue weighted by molar-refractivity contribution is 9.10. The predicted molar refractivity (Wildman–Crippen MR) is 76.6 cm³/mol. The smallest absolute Gasteiger partial charge is 0.230 e. The molecule has 2 aromatic rings. The van der Waals surface area contributed by atoms with Gasteiger partial charge in [0.15, 0.2) is 0 Å². The first-order chi connectivity index (χ1) is 9.22. The van der Waals surface area contributed by atoms with Crippen molar-refractivity contribution in [2.45, 2.75) is 37.6 Å². The number of nitrogens with zero attached hydrogens (tertiary/aromatic N) is 2. The second kappa shape index (κ2) is 5.43. The lowest BCUT2D eigenvalue weighted by Gasteiger charge is -2.22. The Morgan fingerprint density at radius 3 is 2.47 bits per heavy atom. The highest BCUT2D eigenvalue weighted by Gasteiger charge is 2.24. The Balaban J connectivity index is 1.77. The summed E-state index contributed by atoms with van der Waals surface area (Å²) in [5.74, 6) is 1.79. The van der Waals surface area contributed by atoms with Crippen LogP contribution in [0.25, 0.3) is 11.4 Å². The van der Waals surface area contributed by atoms with Crippen LogP contribution >= 0.6 is 15.9 Å². The van der Waals surface area contributed by atoms with Gasteiger partial charge in [-0.1, -0.05) is 21.1 Å². The minimum absolute atomic E-state index is 0.338. The summed E-state index contributed by atoms with van der Waals surface area (Å²) in [4.78, 5) is 4.52. The van der Waals surface area contributed by atoms with Crippen molar-refractivity contribution >= 4 is 15.9 Å². The van der Waals surface area contributed by atoms with Crippen LogP contribution in [0.1, 0.15) is 37.5 Å². The Labute approximate surface area is 120 Å². The Morgan fingerprint density at radius 2 is 1.79 bits per heavy atom. The average molecular weight is 322 g/mol. The van der Waals surface area contributed by atoms with Crippen molar-refractivity contribution in [2.24, 2.45) is 5.73 Å². The van der Waals surface area contributed by atoms with E-state index in [-0.39, 0.29) is 0 Å². The predicted octanol–water partition coefficient (Wildman–Crippen LogP) is 3.48. The van der Waals surface area contributed by atoms with Crippen molar-refractivity contribution in [3.63, 3.8) is 0 Å². The molecular weight excluding hydrogens is 306 g/mol. The summed E-state index contributed by atoms with van der Waals surface area (Å²) in [6, 6.07) is 8.26. The van der Waals surface area contributed by atoms with Gasteiger partial charge in [-0.05, 0) is 49.9 Å². The molecule has 4 nitrogen and oxygen atoms in total. The van der Waals surface area contributed by atoms with Crippen LogP contribution in [0.15, 0.2) is 33.3 Å². The zero-order valence-corrected chi connectivity index (χ0v) is 12.1. The van der Waals surface area contributed by atoms with Gasteiger partial charge in [-0.2, -0.15) is 4.98 Å². The van der Waals surface area contributed by atoms with Gasteiger partial charge in [0.25, 0.3) is 0 Å². The molecule has 5 heteroatoms. The van der Waals surface area contributed by atoms with E-state index in [2.05, 4.69) is 26.1 Å². The Kier molecular flexibility index (Phi) is 3.66. The molecule has 0 amide bonds. The highest BCUT2D eigenvalue weighted by atomic mass is 79.9. The molecule has 19 heavy (non-hydrogen) atoms. The van der Waals surface area contributed by atoms with E-state index in [1.54, 1.807) is 0 Å². The molecule has 0 spiro atoms. The average Bonchev–Trinajstić information content (AvgIpc) is 2.90. The van der Waals surface area contributed by atoms with Crippen LogP contribution in [0, 0.1) is 0 Å². The number of nitrogens with two attached hydrogens (primary N) is 1. The fourth-order valence-electron chi connectivity index (χ4n) is 2.48. The maximum Gasteiger partial charge on any atom is 0.230 e. The Hall–Kier alpha value is -1.20. The van der Waals surface area contributed by atoms with Gasteiger partial charge in [0.1, 0.15) is 0 Å². The van der Waals surface area contributed by atoms with Crippen LogP contribution in [-0.2, 0) is 0 Å². The molecule has 0 radical (unpaired) electrons. The summed E-state index contributed by atoms with van der Waals surface area (Å²) in [6.07, 6.45) is 4.17. The summed E-state index contributed by atoms with van der Waals surface area (Å²) < 4.78 is 6.45. The van der Waals surface area contributed by atoms with Crippen molar-refractivity contribution in [1.82, 2.24) is 10.1 Å². The number of aromatic nitrogens is 2. The first-order valence-electron chi connectivity index (χ1n) is 6.57. The van der Waals surface area contributed by atoms with E-state index >= 15 is 0 Å². The topological polar surface area (TPSA) is 64.9 Å². The molecule has 0 aliphatic heterocycles. The van der Waals surface area contributed by atoms with Gasteiger partial charge in [-0.25, -0.2) is 0 Å². The maximum absolute atomic E-state index is 5.91. The third kappa shape index (κ3) is 2.87. The van der Waals surface area contributed by atoms with Gasteiger partial charge in [0.2, 0.25) is 11.7 Å². The van der Waals surface area contributed by atoms with Crippen LogP contribution in [0.5, 0.6) is 0 Å². The fraction of sp³-hybridized carbons (Fsp3) is 0.429. The summed E-state index contributed by atoms with van der Waals surface area (Å²) in [7, 11) is 0. The number of halogens is 1. The van der Waals surface area contributed by atoms with Crippen LogP contribution in [0.4, 0.5) is 0 Å². The summed E-state index contributed by atoms with van der Waals surface area (Å²) in [5.41, 5.74) is 6.89. The summed E-state index contributed by atoms with van der Waals surface area (Å²) in [5, 5.41) is 4.08. The molecule has 1 aromatic carbocycles. The lowest BCUT2D eigenvalue weighted by atomic mass is 9.86. The third-order valence-corrected chi connectivity index (χ3v) is 4.19. The van der Waals surface area contributed by atoms with Crippen molar-refractivity contribution in [2.75, 3.05) is 0 Å². The van der Waals surface area contributed by atoms with E-state index in [9.17, 15) is 0 Å². The standard InChI is InChI=1S/C14H16BrN3O/c15-11-5-1-9(2-6-11)13-17-14(19-18-13)10-3-7-12(16)8-4-10/h1-2,5-6,10,12H,3-4,7-8,16H2. The normalized spacial score (nSPS) is 23.5. The van der Waals surface area contributed by atoms with Crippen molar-refractivity contribution in [1.29, 1.82) is 0 Å². The maximum atomic E-state index is 5.91. The molecule has 1 heterocycles. The molecule has 1 aliphatic rings. The quantitative estimate of drug-likeness (QED) is 0.919. The van der Waals surface area contributed by atoms with Crippen molar-refractivity contribution in [3.8, 4) is 11.4 Å².